The Morgan fingerprint density at radius 1 is 1.37 bits per heavy atom. The van der Waals surface area contributed by atoms with E-state index in [9.17, 15) is 9.90 Å². The van der Waals surface area contributed by atoms with Crippen molar-refractivity contribution in [1.29, 1.82) is 0 Å². The lowest BCUT2D eigenvalue weighted by atomic mass is 10.1. The monoisotopic (exact) mass is 260 g/mol. The highest BCUT2D eigenvalue weighted by Crippen LogP contribution is 2.22. The molecular formula is C14H16N2O3. The van der Waals surface area contributed by atoms with Gasteiger partial charge in [-0.05, 0) is 24.1 Å². The molecule has 0 saturated heterocycles. The van der Waals surface area contributed by atoms with E-state index in [1.54, 1.807) is 30.1 Å². The van der Waals surface area contributed by atoms with E-state index in [0.717, 1.165) is 5.69 Å². The Morgan fingerprint density at radius 3 is 2.63 bits per heavy atom. The number of methoxy groups -OCH3 is 1. The summed E-state index contributed by atoms with van der Waals surface area (Å²) in [6.07, 6.45) is 1.76. The predicted molar refractivity (Wildman–Crippen MR) is 71.2 cm³/mol. The van der Waals surface area contributed by atoms with Crippen LogP contribution < -0.4 is 4.74 Å². The average Bonchev–Trinajstić information content (AvgIpc) is 2.87. The summed E-state index contributed by atoms with van der Waals surface area (Å²) < 4.78 is 6.70. The molecule has 1 aromatic heterocycles. The van der Waals surface area contributed by atoms with Crippen molar-refractivity contribution in [2.75, 3.05) is 7.11 Å². The predicted octanol–water partition coefficient (Wildman–Crippen LogP) is 2.70. The average molecular weight is 260 g/mol. The molecule has 5 nitrogen and oxygen atoms in total. The Hall–Kier alpha value is -2.30. The van der Waals surface area contributed by atoms with Crippen molar-refractivity contribution in [2.24, 2.45) is 0 Å². The van der Waals surface area contributed by atoms with Crippen molar-refractivity contribution in [2.45, 2.75) is 19.8 Å². The van der Waals surface area contributed by atoms with E-state index in [1.165, 1.54) is 6.07 Å². The molecule has 2 rings (SSSR count). The molecule has 0 aliphatic heterocycles. The first-order chi connectivity index (χ1) is 9.02. The van der Waals surface area contributed by atoms with E-state index < -0.39 is 5.97 Å². The molecule has 0 atom stereocenters. The minimum absolute atomic E-state index is 0.194. The highest BCUT2D eigenvalue weighted by molar-refractivity contribution is 5.92. The van der Waals surface area contributed by atoms with Crippen LogP contribution in [0.5, 0.6) is 5.75 Å². The molecule has 0 bridgehead atoms. The molecule has 19 heavy (non-hydrogen) atoms. The van der Waals surface area contributed by atoms with Crippen LogP contribution in [-0.2, 0) is 0 Å². The first kappa shape index (κ1) is 13.1. The summed E-state index contributed by atoms with van der Waals surface area (Å²) in [4.78, 5) is 11.3. The zero-order valence-electron chi connectivity index (χ0n) is 11.1. The fourth-order valence-corrected chi connectivity index (χ4v) is 1.79. The third-order valence-corrected chi connectivity index (χ3v) is 2.88. The lowest BCUT2D eigenvalue weighted by Crippen LogP contribution is -2.07. The van der Waals surface area contributed by atoms with Crippen LogP contribution in [0.3, 0.4) is 0 Å². The molecule has 1 aromatic carbocycles. The van der Waals surface area contributed by atoms with Crippen LogP contribution in [0.4, 0.5) is 0 Å². The van der Waals surface area contributed by atoms with Crippen molar-refractivity contribution in [1.82, 2.24) is 9.78 Å². The van der Waals surface area contributed by atoms with Crippen molar-refractivity contribution in [3.05, 3.63) is 41.7 Å². The van der Waals surface area contributed by atoms with E-state index in [-0.39, 0.29) is 5.56 Å². The fraction of sp³-hybridized carbons (Fsp3) is 0.286. The number of nitrogens with zero attached hydrogens (tertiary/aromatic N) is 2. The number of carbonyl (C=O) groups is 1. The Balaban J connectivity index is 2.54. The molecule has 0 unspecified atom stereocenters. The van der Waals surface area contributed by atoms with Gasteiger partial charge in [0, 0.05) is 12.3 Å². The lowest BCUT2D eigenvalue weighted by molar-refractivity contribution is 0.0696. The minimum atomic E-state index is -0.987. The van der Waals surface area contributed by atoms with E-state index in [0.29, 0.717) is 17.4 Å². The first-order valence-corrected chi connectivity index (χ1v) is 6.00. The summed E-state index contributed by atoms with van der Waals surface area (Å²) in [5, 5.41) is 13.6. The second kappa shape index (κ2) is 5.14. The topological polar surface area (TPSA) is 64.3 Å². The zero-order valence-corrected chi connectivity index (χ0v) is 11.1. The Bertz CT molecular complexity index is 602. The van der Waals surface area contributed by atoms with Crippen LogP contribution in [0.1, 0.15) is 35.8 Å². The van der Waals surface area contributed by atoms with Crippen molar-refractivity contribution in [3.63, 3.8) is 0 Å². The van der Waals surface area contributed by atoms with Crippen LogP contribution in [-0.4, -0.2) is 28.0 Å². The molecule has 0 aliphatic rings. The summed E-state index contributed by atoms with van der Waals surface area (Å²) in [5.41, 5.74) is 1.61. The second-order valence-corrected chi connectivity index (χ2v) is 4.53. The lowest BCUT2D eigenvalue weighted by Gasteiger charge is -2.09. The summed E-state index contributed by atoms with van der Waals surface area (Å²) in [7, 11) is 1.54. The molecule has 0 amide bonds. The molecular weight excluding hydrogens is 244 g/mol. The van der Waals surface area contributed by atoms with E-state index in [1.807, 2.05) is 19.9 Å². The van der Waals surface area contributed by atoms with E-state index in [2.05, 4.69) is 5.10 Å². The number of hydrogen-bond acceptors (Lipinski definition) is 3. The second-order valence-electron chi connectivity index (χ2n) is 4.53. The van der Waals surface area contributed by atoms with Gasteiger partial charge in [-0.3, -0.25) is 0 Å². The Labute approximate surface area is 111 Å². The fourth-order valence-electron chi connectivity index (χ4n) is 1.79. The summed E-state index contributed by atoms with van der Waals surface area (Å²) >= 11 is 0. The molecule has 0 aliphatic carbocycles. The maximum atomic E-state index is 11.3. The van der Waals surface area contributed by atoms with E-state index >= 15 is 0 Å². The molecule has 0 radical (unpaired) electrons. The SMILES string of the molecule is COc1ccc(C(=O)O)c(-n2ccc(C(C)C)n2)c1. The van der Waals surface area contributed by atoms with Crippen LogP contribution >= 0.6 is 0 Å². The van der Waals surface area contributed by atoms with Crippen molar-refractivity contribution in [3.8, 4) is 11.4 Å². The molecule has 1 heterocycles. The molecule has 0 spiro atoms. The number of ether oxygens (including phenoxy) is 1. The number of benzene rings is 1. The molecule has 2 aromatic rings. The molecule has 5 heteroatoms. The summed E-state index contributed by atoms with van der Waals surface area (Å²) in [6, 6.07) is 6.70. The maximum absolute atomic E-state index is 11.3. The Morgan fingerprint density at radius 2 is 2.11 bits per heavy atom. The third-order valence-electron chi connectivity index (χ3n) is 2.88. The normalized spacial score (nSPS) is 10.7. The van der Waals surface area contributed by atoms with Gasteiger partial charge in [0.15, 0.2) is 0 Å². The van der Waals surface area contributed by atoms with Crippen LogP contribution in [0.25, 0.3) is 5.69 Å². The van der Waals surface area contributed by atoms with Gasteiger partial charge in [-0.25, -0.2) is 9.48 Å². The van der Waals surface area contributed by atoms with Gasteiger partial charge in [0.1, 0.15) is 5.75 Å². The smallest absolute Gasteiger partial charge is 0.337 e. The largest absolute Gasteiger partial charge is 0.497 e. The van der Waals surface area contributed by atoms with Crippen LogP contribution in [0.15, 0.2) is 30.5 Å². The van der Waals surface area contributed by atoms with Gasteiger partial charge >= 0.3 is 5.97 Å². The number of aromatic carboxylic acids is 1. The molecule has 1 N–H and O–H groups in total. The Kier molecular flexibility index (Phi) is 3.55. The number of carboxylic acids is 1. The van der Waals surface area contributed by atoms with Crippen molar-refractivity contribution >= 4 is 5.97 Å². The summed E-state index contributed by atoms with van der Waals surface area (Å²) in [5.74, 6) is -0.0963. The van der Waals surface area contributed by atoms with Gasteiger partial charge in [-0.15, -0.1) is 0 Å². The van der Waals surface area contributed by atoms with Gasteiger partial charge < -0.3 is 9.84 Å². The number of aromatic nitrogens is 2. The van der Waals surface area contributed by atoms with Gasteiger partial charge in [-0.2, -0.15) is 5.10 Å². The zero-order chi connectivity index (χ0) is 14.0. The minimum Gasteiger partial charge on any atom is -0.497 e. The molecule has 0 fully saturated rings. The van der Waals surface area contributed by atoms with Crippen LogP contribution in [0, 0.1) is 0 Å². The number of carboxylic acid groups (broad SMARTS) is 1. The standard InChI is InChI=1S/C14H16N2O3/c1-9(2)12-6-7-16(15-12)13-8-10(19-3)4-5-11(13)14(17)18/h4-9H,1-3H3,(H,17,18). The van der Waals surface area contributed by atoms with Crippen LogP contribution in [0.2, 0.25) is 0 Å². The van der Waals surface area contributed by atoms with Gasteiger partial charge in [0.25, 0.3) is 0 Å². The highest BCUT2D eigenvalue weighted by Gasteiger charge is 2.14. The third kappa shape index (κ3) is 2.59. The highest BCUT2D eigenvalue weighted by atomic mass is 16.5. The quantitative estimate of drug-likeness (QED) is 0.918. The first-order valence-electron chi connectivity index (χ1n) is 6.00. The number of rotatable bonds is 4. The van der Waals surface area contributed by atoms with Gasteiger partial charge in [-0.1, -0.05) is 13.8 Å². The van der Waals surface area contributed by atoms with Gasteiger partial charge in [0.05, 0.1) is 24.1 Å². The molecule has 0 saturated carbocycles. The molecule has 100 valence electrons. The van der Waals surface area contributed by atoms with Gasteiger partial charge in [0.2, 0.25) is 0 Å². The number of hydrogen-bond donors (Lipinski definition) is 1. The summed E-state index contributed by atoms with van der Waals surface area (Å²) in [6.45, 7) is 4.08. The van der Waals surface area contributed by atoms with E-state index in [4.69, 9.17) is 4.74 Å². The van der Waals surface area contributed by atoms with Crippen molar-refractivity contribution < 1.29 is 14.6 Å². The maximum Gasteiger partial charge on any atom is 0.337 e.